The number of imide groups is 2. The number of urea groups is 1. The lowest BCUT2D eigenvalue weighted by atomic mass is 10.1. The van der Waals surface area contributed by atoms with Gasteiger partial charge in [0.15, 0.2) is 0 Å². The standard InChI is InChI=1S/C25H22BrN3O3/c1-14-5-8-21(11-15(14)2)29-24(31)22(23(30)27-25(29)32)13-18-12-16(3)28(17(18)4)20-9-6-19(26)7-10-20/h5-13H,1-4H3,(H,27,30,32)/b22-13+. The van der Waals surface area contributed by atoms with Crippen LogP contribution in [0.15, 0.2) is 58.6 Å². The van der Waals surface area contributed by atoms with Crippen molar-refractivity contribution in [3.8, 4) is 5.69 Å². The van der Waals surface area contributed by atoms with Gasteiger partial charge in [0.25, 0.3) is 11.8 Å². The van der Waals surface area contributed by atoms with Crippen LogP contribution in [0, 0.1) is 27.7 Å². The Balaban J connectivity index is 1.76. The molecule has 0 saturated carbocycles. The van der Waals surface area contributed by atoms with Gasteiger partial charge in [-0.2, -0.15) is 0 Å². The van der Waals surface area contributed by atoms with Gasteiger partial charge in [-0.1, -0.05) is 22.0 Å². The Hall–Kier alpha value is -3.45. The first-order valence-corrected chi connectivity index (χ1v) is 10.9. The number of nitrogens with one attached hydrogen (secondary N) is 1. The fraction of sp³-hybridized carbons (Fsp3) is 0.160. The highest BCUT2D eigenvalue weighted by molar-refractivity contribution is 9.10. The van der Waals surface area contributed by atoms with Crippen LogP contribution in [0.25, 0.3) is 11.8 Å². The third-order valence-corrected chi connectivity index (χ3v) is 6.23. The first kappa shape index (κ1) is 21.8. The van der Waals surface area contributed by atoms with Crippen LogP contribution >= 0.6 is 15.9 Å². The maximum absolute atomic E-state index is 13.2. The number of benzene rings is 2. The van der Waals surface area contributed by atoms with E-state index in [2.05, 4.69) is 25.8 Å². The number of nitrogens with zero attached hydrogens (tertiary/aromatic N) is 2. The van der Waals surface area contributed by atoms with E-state index in [0.29, 0.717) is 5.69 Å². The molecular weight excluding hydrogens is 470 g/mol. The lowest BCUT2D eigenvalue weighted by molar-refractivity contribution is -0.122. The lowest BCUT2D eigenvalue weighted by Crippen LogP contribution is -2.54. The van der Waals surface area contributed by atoms with E-state index < -0.39 is 17.8 Å². The third kappa shape index (κ3) is 3.80. The predicted octanol–water partition coefficient (Wildman–Crippen LogP) is 5.14. The van der Waals surface area contributed by atoms with E-state index in [1.807, 2.05) is 64.1 Å². The summed E-state index contributed by atoms with van der Waals surface area (Å²) in [4.78, 5) is 39.3. The van der Waals surface area contributed by atoms with Gasteiger partial charge in [-0.15, -0.1) is 0 Å². The van der Waals surface area contributed by atoms with Gasteiger partial charge in [0.05, 0.1) is 5.69 Å². The second-order valence-electron chi connectivity index (χ2n) is 7.86. The van der Waals surface area contributed by atoms with Crippen molar-refractivity contribution in [2.24, 2.45) is 0 Å². The van der Waals surface area contributed by atoms with Crippen molar-refractivity contribution in [3.05, 3.63) is 86.7 Å². The molecule has 6 nitrogen and oxygen atoms in total. The van der Waals surface area contributed by atoms with Crippen molar-refractivity contribution in [1.29, 1.82) is 0 Å². The summed E-state index contributed by atoms with van der Waals surface area (Å²) in [5, 5.41) is 2.29. The van der Waals surface area contributed by atoms with Crippen molar-refractivity contribution in [2.75, 3.05) is 4.90 Å². The number of halogens is 1. The van der Waals surface area contributed by atoms with Crippen molar-refractivity contribution in [1.82, 2.24) is 9.88 Å². The smallest absolute Gasteiger partial charge is 0.318 e. The normalized spacial score (nSPS) is 15.5. The third-order valence-electron chi connectivity index (χ3n) is 5.71. The number of hydrogen-bond acceptors (Lipinski definition) is 3. The van der Waals surface area contributed by atoms with E-state index in [0.717, 1.165) is 43.1 Å². The van der Waals surface area contributed by atoms with E-state index >= 15 is 0 Å². The largest absolute Gasteiger partial charge is 0.335 e. The Kier molecular flexibility index (Phi) is 5.60. The minimum absolute atomic E-state index is 0.0844. The molecule has 7 heteroatoms. The van der Waals surface area contributed by atoms with Gasteiger partial charge in [0.2, 0.25) is 0 Å². The molecule has 0 aliphatic carbocycles. The second kappa shape index (κ2) is 8.24. The zero-order valence-electron chi connectivity index (χ0n) is 18.2. The molecule has 3 aromatic rings. The van der Waals surface area contributed by atoms with Crippen molar-refractivity contribution in [2.45, 2.75) is 27.7 Å². The number of anilines is 1. The average molecular weight is 492 g/mol. The Morgan fingerprint density at radius 3 is 2.16 bits per heavy atom. The average Bonchev–Trinajstić information content (AvgIpc) is 3.01. The van der Waals surface area contributed by atoms with E-state index in [1.54, 1.807) is 18.2 Å². The molecule has 0 bridgehead atoms. The molecule has 1 aromatic heterocycles. The monoisotopic (exact) mass is 491 g/mol. The molecule has 1 N–H and O–H groups in total. The molecule has 4 amide bonds. The molecule has 2 aromatic carbocycles. The Labute approximate surface area is 194 Å². The van der Waals surface area contributed by atoms with E-state index in [-0.39, 0.29) is 5.57 Å². The molecule has 0 spiro atoms. The molecular formula is C25H22BrN3O3. The van der Waals surface area contributed by atoms with Crippen LogP contribution in [0.3, 0.4) is 0 Å². The number of aromatic nitrogens is 1. The highest BCUT2D eigenvalue weighted by Crippen LogP contribution is 2.27. The first-order valence-electron chi connectivity index (χ1n) is 10.1. The van der Waals surface area contributed by atoms with Gasteiger partial charge in [-0.05, 0) is 92.9 Å². The summed E-state index contributed by atoms with van der Waals surface area (Å²) >= 11 is 3.44. The minimum Gasteiger partial charge on any atom is -0.318 e. The summed E-state index contributed by atoms with van der Waals surface area (Å²) in [6, 6.07) is 14.4. The molecule has 0 atom stereocenters. The molecule has 0 unspecified atom stereocenters. The van der Waals surface area contributed by atoms with Gasteiger partial charge >= 0.3 is 6.03 Å². The van der Waals surface area contributed by atoms with Crippen LogP contribution < -0.4 is 10.2 Å². The highest BCUT2D eigenvalue weighted by Gasteiger charge is 2.37. The quantitative estimate of drug-likeness (QED) is 0.407. The number of rotatable bonds is 3. The topological polar surface area (TPSA) is 71.4 Å². The maximum Gasteiger partial charge on any atom is 0.335 e. The molecule has 1 saturated heterocycles. The summed E-state index contributed by atoms with van der Waals surface area (Å²) in [5.74, 6) is -1.34. The Morgan fingerprint density at radius 1 is 0.844 bits per heavy atom. The van der Waals surface area contributed by atoms with Gasteiger partial charge < -0.3 is 4.57 Å². The molecule has 4 rings (SSSR count). The second-order valence-corrected chi connectivity index (χ2v) is 8.78. The number of aryl methyl sites for hydroxylation is 3. The summed E-state index contributed by atoms with van der Waals surface area (Å²) in [5.41, 5.74) is 5.88. The molecule has 0 radical (unpaired) electrons. The predicted molar refractivity (Wildman–Crippen MR) is 128 cm³/mol. The molecule has 32 heavy (non-hydrogen) atoms. The molecule has 1 aliphatic rings. The number of amides is 4. The van der Waals surface area contributed by atoms with Crippen LogP contribution in [0.1, 0.15) is 28.1 Å². The van der Waals surface area contributed by atoms with Crippen LogP contribution in [0.2, 0.25) is 0 Å². The van der Waals surface area contributed by atoms with Crippen molar-refractivity contribution in [3.63, 3.8) is 0 Å². The van der Waals surface area contributed by atoms with Crippen molar-refractivity contribution >= 4 is 45.5 Å². The van der Waals surface area contributed by atoms with E-state index in [9.17, 15) is 14.4 Å². The number of hydrogen-bond donors (Lipinski definition) is 1. The van der Waals surface area contributed by atoms with Crippen molar-refractivity contribution < 1.29 is 14.4 Å². The van der Waals surface area contributed by atoms with Gasteiger partial charge in [-0.25, -0.2) is 9.69 Å². The zero-order valence-corrected chi connectivity index (χ0v) is 19.8. The minimum atomic E-state index is -0.749. The number of carbonyl (C=O) groups is 3. The van der Waals surface area contributed by atoms with Gasteiger partial charge in [0.1, 0.15) is 5.57 Å². The van der Waals surface area contributed by atoms with Crippen LogP contribution in [-0.4, -0.2) is 22.4 Å². The number of carbonyl (C=O) groups excluding carboxylic acids is 3. The summed E-state index contributed by atoms with van der Waals surface area (Å²) < 4.78 is 3.03. The zero-order chi connectivity index (χ0) is 23.2. The molecule has 162 valence electrons. The lowest BCUT2D eigenvalue weighted by Gasteiger charge is -2.26. The maximum atomic E-state index is 13.2. The number of barbiturate groups is 1. The Bertz CT molecular complexity index is 1300. The SMILES string of the molecule is Cc1ccc(N2C(=O)NC(=O)/C(=C\c3cc(C)n(-c4ccc(Br)cc4)c3C)C2=O)cc1C. The van der Waals surface area contributed by atoms with Crippen LogP contribution in [-0.2, 0) is 9.59 Å². The fourth-order valence-corrected chi connectivity index (χ4v) is 4.10. The fourth-order valence-electron chi connectivity index (χ4n) is 3.83. The molecule has 1 fully saturated rings. The summed E-state index contributed by atoms with van der Waals surface area (Å²) in [7, 11) is 0. The molecule has 1 aliphatic heterocycles. The Morgan fingerprint density at radius 2 is 1.50 bits per heavy atom. The van der Waals surface area contributed by atoms with Crippen LogP contribution in [0.5, 0.6) is 0 Å². The summed E-state index contributed by atoms with van der Waals surface area (Å²) in [6.45, 7) is 7.75. The van der Waals surface area contributed by atoms with Gasteiger partial charge in [0, 0.05) is 21.5 Å². The van der Waals surface area contributed by atoms with E-state index in [4.69, 9.17) is 0 Å². The van der Waals surface area contributed by atoms with Crippen LogP contribution in [0.4, 0.5) is 10.5 Å². The molecule has 2 heterocycles. The summed E-state index contributed by atoms with van der Waals surface area (Å²) in [6.07, 6.45) is 1.55. The van der Waals surface area contributed by atoms with Gasteiger partial charge in [-0.3, -0.25) is 14.9 Å². The van der Waals surface area contributed by atoms with E-state index in [1.165, 1.54) is 0 Å². The first-order chi connectivity index (χ1) is 15.2. The highest BCUT2D eigenvalue weighted by atomic mass is 79.9.